The molecule has 180 valence electrons. The van der Waals surface area contributed by atoms with Crippen molar-refractivity contribution in [3.63, 3.8) is 0 Å². The number of nitrogens with zero attached hydrogens (tertiary/aromatic N) is 2. The number of carbonyl (C=O) groups excluding carboxylic acids is 5. The summed E-state index contributed by atoms with van der Waals surface area (Å²) in [5, 5.41) is 2.56. The number of likely N-dealkylation sites (N-methyl/N-ethyl adjacent to an activating group) is 2. The number of ketones is 1. The summed E-state index contributed by atoms with van der Waals surface area (Å²) in [4.78, 5) is 58.0. The smallest absolute Gasteiger partial charge is 0.237 e. The fraction of sp³-hybridized carbons (Fsp3) is 0.542. The third kappa shape index (κ3) is 6.54. The van der Waals surface area contributed by atoms with E-state index in [1.54, 1.807) is 7.05 Å². The maximum Gasteiger partial charge on any atom is 0.237 e. The number of hydrogen-bond acceptors (Lipinski definition) is 7. The van der Waals surface area contributed by atoms with Gasteiger partial charge in [0.15, 0.2) is 12.6 Å². The molecule has 1 aliphatic carbocycles. The van der Waals surface area contributed by atoms with Crippen molar-refractivity contribution in [1.82, 2.24) is 10.2 Å². The van der Waals surface area contributed by atoms with Gasteiger partial charge in [0.05, 0.1) is 11.7 Å². The fourth-order valence-electron chi connectivity index (χ4n) is 4.42. The van der Waals surface area contributed by atoms with Crippen LogP contribution in [0.2, 0.25) is 0 Å². The molecule has 0 aromatic heterocycles. The highest BCUT2D eigenvalue weighted by Crippen LogP contribution is 2.47. The maximum absolute atomic E-state index is 14.1. The molecule has 1 amide bonds. The number of carbonyl (C=O) groups is 5. The van der Waals surface area contributed by atoms with Crippen LogP contribution in [0.4, 0.5) is 10.1 Å². The van der Waals surface area contributed by atoms with E-state index in [2.05, 4.69) is 5.32 Å². The van der Waals surface area contributed by atoms with E-state index in [1.165, 1.54) is 6.07 Å². The van der Waals surface area contributed by atoms with Gasteiger partial charge in [0.2, 0.25) is 5.91 Å². The van der Waals surface area contributed by atoms with E-state index >= 15 is 0 Å². The minimum absolute atomic E-state index is 0.0400. The quantitative estimate of drug-likeness (QED) is 0.591. The van der Waals surface area contributed by atoms with Gasteiger partial charge in [-0.1, -0.05) is 0 Å². The Labute approximate surface area is 193 Å². The zero-order chi connectivity index (χ0) is 24.6. The van der Waals surface area contributed by atoms with Crippen LogP contribution in [-0.2, 0) is 14.4 Å². The van der Waals surface area contributed by atoms with Crippen LogP contribution >= 0.6 is 0 Å². The van der Waals surface area contributed by atoms with Crippen molar-refractivity contribution < 1.29 is 28.4 Å². The average Bonchev–Trinajstić information content (AvgIpc) is 2.79. The summed E-state index contributed by atoms with van der Waals surface area (Å²) in [6.45, 7) is 1.34. The fourth-order valence-corrected chi connectivity index (χ4v) is 4.42. The van der Waals surface area contributed by atoms with E-state index in [-0.39, 0.29) is 28.5 Å². The van der Waals surface area contributed by atoms with Crippen LogP contribution in [0.3, 0.4) is 0 Å². The van der Waals surface area contributed by atoms with Crippen LogP contribution in [0.5, 0.6) is 0 Å². The summed E-state index contributed by atoms with van der Waals surface area (Å²) in [5.74, 6) is -0.210. The molecule has 1 saturated heterocycles. The van der Waals surface area contributed by atoms with E-state index < -0.39 is 5.82 Å². The molecule has 9 heteroatoms. The SMILES string of the molecule is CNC(=O)C(CCC=O)N(C)C.O=Cc1cc(F)c(N2CCC3(CC2)CC(=O)C3)cc1C=O. The highest BCUT2D eigenvalue weighted by Gasteiger charge is 2.45. The van der Waals surface area contributed by atoms with Gasteiger partial charge in [-0.3, -0.25) is 24.1 Å². The number of rotatable bonds is 8. The third-order valence-electron chi connectivity index (χ3n) is 6.45. The lowest BCUT2D eigenvalue weighted by Gasteiger charge is -2.47. The first-order valence-corrected chi connectivity index (χ1v) is 11.0. The average molecular weight is 462 g/mol. The Morgan fingerprint density at radius 1 is 1.15 bits per heavy atom. The molecule has 1 saturated carbocycles. The van der Waals surface area contributed by atoms with Crippen molar-refractivity contribution in [2.24, 2.45) is 5.41 Å². The Balaban J connectivity index is 0.000000277. The zero-order valence-corrected chi connectivity index (χ0v) is 19.4. The molecule has 1 atom stereocenters. The molecule has 2 aliphatic rings. The predicted molar refractivity (Wildman–Crippen MR) is 122 cm³/mol. The molecule has 1 aliphatic heterocycles. The molecule has 2 fully saturated rings. The van der Waals surface area contributed by atoms with Crippen LogP contribution in [0, 0.1) is 11.2 Å². The van der Waals surface area contributed by atoms with Crippen LogP contribution in [0.15, 0.2) is 12.1 Å². The Bertz CT molecular complexity index is 884. The predicted octanol–water partition coefficient (Wildman–Crippen LogP) is 2.04. The first-order chi connectivity index (χ1) is 15.7. The van der Waals surface area contributed by atoms with E-state index in [1.807, 2.05) is 23.9 Å². The van der Waals surface area contributed by atoms with Gasteiger partial charge in [-0.2, -0.15) is 0 Å². The number of anilines is 1. The molecule has 1 unspecified atom stereocenters. The molecule has 1 N–H and O–H groups in total. The first-order valence-electron chi connectivity index (χ1n) is 11.0. The summed E-state index contributed by atoms with van der Waals surface area (Å²) in [6, 6.07) is 2.36. The topological polar surface area (TPSA) is 104 Å². The largest absolute Gasteiger partial charge is 0.369 e. The minimum Gasteiger partial charge on any atom is -0.369 e. The molecule has 33 heavy (non-hydrogen) atoms. The molecule has 8 nitrogen and oxygen atoms in total. The number of hydrogen-bond donors (Lipinski definition) is 1. The second-order valence-corrected chi connectivity index (χ2v) is 8.89. The number of benzene rings is 1. The van der Waals surface area contributed by atoms with Gasteiger partial charge in [-0.05, 0) is 50.9 Å². The highest BCUT2D eigenvalue weighted by molar-refractivity contribution is 5.91. The third-order valence-corrected chi connectivity index (χ3v) is 6.45. The van der Waals surface area contributed by atoms with E-state index in [0.29, 0.717) is 62.8 Å². The van der Waals surface area contributed by atoms with E-state index in [9.17, 15) is 28.4 Å². The molecule has 3 rings (SSSR count). The monoisotopic (exact) mass is 461 g/mol. The normalized spacial score (nSPS) is 17.5. The Kier molecular flexibility index (Phi) is 9.40. The molecule has 1 aromatic carbocycles. The van der Waals surface area contributed by atoms with Crippen molar-refractivity contribution >= 4 is 36.2 Å². The van der Waals surface area contributed by atoms with Crippen molar-refractivity contribution in [3.8, 4) is 0 Å². The van der Waals surface area contributed by atoms with E-state index in [4.69, 9.17) is 0 Å². The van der Waals surface area contributed by atoms with Crippen LogP contribution in [-0.4, -0.2) is 75.7 Å². The van der Waals surface area contributed by atoms with Gasteiger partial charge in [0, 0.05) is 50.5 Å². The van der Waals surface area contributed by atoms with Crippen molar-refractivity contribution in [1.29, 1.82) is 0 Å². The second kappa shape index (κ2) is 11.8. The van der Waals surface area contributed by atoms with Gasteiger partial charge in [-0.15, -0.1) is 0 Å². The van der Waals surface area contributed by atoms with Crippen molar-refractivity contribution in [2.75, 3.05) is 39.1 Å². The number of amides is 1. The summed E-state index contributed by atoms with van der Waals surface area (Å²) >= 11 is 0. The van der Waals surface area contributed by atoms with Crippen LogP contribution in [0.1, 0.15) is 59.2 Å². The minimum atomic E-state index is -0.483. The Morgan fingerprint density at radius 2 is 1.73 bits per heavy atom. The molecular weight excluding hydrogens is 429 g/mol. The number of halogens is 1. The summed E-state index contributed by atoms with van der Waals surface area (Å²) in [6.07, 6.45) is 5.92. The van der Waals surface area contributed by atoms with Gasteiger partial charge in [-0.25, -0.2) is 4.39 Å². The lowest BCUT2D eigenvalue weighted by Crippen LogP contribution is -2.47. The molecule has 1 heterocycles. The molecule has 0 bridgehead atoms. The van der Waals surface area contributed by atoms with Crippen LogP contribution in [0.25, 0.3) is 0 Å². The van der Waals surface area contributed by atoms with Gasteiger partial charge >= 0.3 is 0 Å². The zero-order valence-electron chi connectivity index (χ0n) is 19.4. The maximum atomic E-state index is 14.1. The summed E-state index contributed by atoms with van der Waals surface area (Å²) in [7, 11) is 5.25. The first kappa shape index (κ1) is 26.3. The van der Waals surface area contributed by atoms with Gasteiger partial charge < -0.3 is 15.0 Å². The summed E-state index contributed by atoms with van der Waals surface area (Å²) in [5.41, 5.74) is 0.772. The number of piperidine rings is 1. The lowest BCUT2D eigenvalue weighted by atomic mass is 9.62. The van der Waals surface area contributed by atoms with Crippen molar-refractivity contribution in [2.45, 2.75) is 44.6 Å². The Hall–Kier alpha value is -2.94. The number of aldehydes is 3. The molecule has 1 spiro atoms. The molecular formula is C24H32FN3O5. The Morgan fingerprint density at radius 3 is 2.18 bits per heavy atom. The summed E-state index contributed by atoms with van der Waals surface area (Å²) < 4.78 is 14.1. The molecule has 0 radical (unpaired) electrons. The second-order valence-electron chi connectivity index (χ2n) is 8.89. The standard InChI is InChI=1S/C16H16FNO3.C8H16N2O2/c17-14-5-11(9-19)12(10-20)6-15(14)18-3-1-16(2-4-18)7-13(21)8-16;1-9-8(12)7(10(2)3)5-4-6-11/h5-6,9-10H,1-4,7-8H2;6-7H,4-5H2,1-3H3,(H,9,12). The number of nitrogens with one attached hydrogen (secondary N) is 1. The molecule has 1 aromatic rings. The van der Waals surface area contributed by atoms with Gasteiger partial charge in [0.25, 0.3) is 0 Å². The van der Waals surface area contributed by atoms with E-state index in [0.717, 1.165) is 25.2 Å². The lowest BCUT2D eigenvalue weighted by molar-refractivity contribution is -0.134. The van der Waals surface area contributed by atoms with Crippen LogP contribution < -0.4 is 10.2 Å². The van der Waals surface area contributed by atoms with Gasteiger partial charge in [0.1, 0.15) is 17.9 Å². The van der Waals surface area contributed by atoms with Crippen molar-refractivity contribution in [3.05, 3.63) is 29.1 Å². The number of Topliss-reactive ketones (excluding diaryl/α,β-unsaturated/α-hetero) is 1. The highest BCUT2D eigenvalue weighted by atomic mass is 19.1.